The van der Waals surface area contributed by atoms with Gasteiger partial charge in [-0.15, -0.1) is 0 Å². The average Bonchev–Trinajstić information content (AvgIpc) is 2.52. The van der Waals surface area contributed by atoms with E-state index in [-0.39, 0.29) is 35.5 Å². The molecule has 0 radical (unpaired) electrons. The van der Waals surface area contributed by atoms with E-state index < -0.39 is 23.0 Å². The Morgan fingerprint density at radius 2 is 0.621 bits per heavy atom. The number of phosphoric acid groups is 1. The Balaban J connectivity index is 6.49. The predicted molar refractivity (Wildman–Crippen MR) is 126 cm³/mol. The highest BCUT2D eigenvalue weighted by atomic mass is 35.5. The molecule has 0 aromatic rings. The highest BCUT2D eigenvalue weighted by Gasteiger charge is 2.54. The standard InChI is InChI=1S/C21H42Cl3O4P/c1-13(2)19(22,14(3)4)26-29(25,27-20(23,15(5)6)16(7)8)28-21(24,17(9)10)18(11)12/h13-18H,1-12H3. The number of hydrogen-bond donors (Lipinski definition) is 0. The van der Waals surface area contributed by atoms with Crippen molar-refractivity contribution in [2.75, 3.05) is 0 Å². The minimum Gasteiger partial charge on any atom is -0.263 e. The van der Waals surface area contributed by atoms with Crippen LogP contribution in [0, 0.1) is 35.5 Å². The summed E-state index contributed by atoms with van der Waals surface area (Å²) in [5, 5.41) is -3.85. The van der Waals surface area contributed by atoms with E-state index in [9.17, 15) is 4.57 Å². The molecule has 8 heteroatoms. The van der Waals surface area contributed by atoms with Crippen LogP contribution in [0.1, 0.15) is 83.1 Å². The molecule has 0 aliphatic carbocycles. The van der Waals surface area contributed by atoms with Crippen LogP contribution < -0.4 is 0 Å². The zero-order valence-corrected chi connectivity index (χ0v) is 23.3. The van der Waals surface area contributed by atoms with Gasteiger partial charge >= 0.3 is 7.82 Å². The fourth-order valence-electron chi connectivity index (χ4n) is 3.20. The summed E-state index contributed by atoms with van der Waals surface area (Å²) < 4.78 is 32.3. The largest absolute Gasteiger partial charge is 0.480 e. The summed E-state index contributed by atoms with van der Waals surface area (Å²) in [6.07, 6.45) is 0. The predicted octanol–water partition coefficient (Wildman–Crippen LogP) is 8.89. The van der Waals surface area contributed by atoms with E-state index in [1.165, 1.54) is 0 Å². The molecule has 0 heterocycles. The minimum absolute atomic E-state index is 0.171. The second-order valence-corrected chi connectivity index (χ2v) is 13.0. The van der Waals surface area contributed by atoms with Crippen LogP contribution >= 0.6 is 42.6 Å². The van der Waals surface area contributed by atoms with E-state index in [2.05, 4.69) is 0 Å². The molecular formula is C21H42Cl3O4P. The van der Waals surface area contributed by atoms with Crippen LogP contribution in [0.3, 0.4) is 0 Å². The lowest BCUT2D eigenvalue weighted by molar-refractivity contribution is -0.0673. The van der Waals surface area contributed by atoms with Gasteiger partial charge in [-0.05, 0) is 35.5 Å². The zero-order valence-electron chi connectivity index (χ0n) is 20.2. The molecule has 176 valence electrons. The molecule has 0 aromatic heterocycles. The molecule has 0 rings (SSSR count). The highest BCUT2D eigenvalue weighted by molar-refractivity contribution is 7.48. The third kappa shape index (κ3) is 6.98. The number of hydrogen-bond acceptors (Lipinski definition) is 4. The molecule has 0 amide bonds. The quantitative estimate of drug-likeness (QED) is 0.200. The van der Waals surface area contributed by atoms with Gasteiger partial charge in [0, 0.05) is 0 Å². The van der Waals surface area contributed by atoms with Gasteiger partial charge in [0.25, 0.3) is 0 Å². The van der Waals surface area contributed by atoms with Crippen LogP contribution in [0.2, 0.25) is 0 Å². The highest BCUT2D eigenvalue weighted by Crippen LogP contribution is 2.65. The van der Waals surface area contributed by atoms with Gasteiger partial charge < -0.3 is 0 Å². The maximum absolute atomic E-state index is 14.2. The molecular weight excluding hydrogens is 454 g/mol. The van der Waals surface area contributed by atoms with Crippen molar-refractivity contribution in [2.24, 2.45) is 35.5 Å². The maximum Gasteiger partial charge on any atom is 0.480 e. The first-order chi connectivity index (χ1) is 12.8. The van der Waals surface area contributed by atoms with Gasteiger partial charge in [0.15, 0.2) is 15.2 Å². The van der Waals surface area contributed by atoms with Gasteiger partial charge in [-0.25, -0.2) is 4.57 Å². The average molecular weight is 496 g/mol. The van der Waals surface area contributed by atoms with Crippen molar-refractivity contribution in [1.29, 1.82) is 0 Å². The Morgan fingerprint density at radius 1 is 0.483 bits per heavy atom. The first kappa shape index (κ1) is 30.0. The van der Waals surface area contributed by atoms with E-state index in [0.29, 0.717) is 0 Å². The van der Waals surface area contributed by atoms with Crippen LogP contribution in [0.15, 0.2) is 0 Å². The van der Waals surface area contributed by atoms with Crippen molar-refractivity contribution < 1.29 is 18.1 Å². The molecule has 0 saturated heterocycles. The Labute approximate surface area is 194 Å². The lowest BCUT2D eigenvalue weighted by Gasteiger charge is -2.44. The van der Waals surface area contributed by atoms with E-state index >= 15 is 0 Å². The normalized spacial score (nSPS) is 15.1. The molecule has 0 bridgehead atoms. The van der Waals surface area contributed by atoms with E-state index in [1.54, 1.807) is 0 Å². The Kier molecular flexibility index (Phi) is 11.1. The number of alkyl halides is 3. The van der Waals surface area contributed by atoms with Gasteiger partial charge in [0.05, 0.1) is 0 Å². The third-order valence-electron chi connectivity index (χ3n) is 5.48. The second-order valence-electron chi connectivity index (χ2n) is 9.74. The van der Waals surface area contributed by atoms with Crippen molar-refractivity contribution in [1.82, 2.24) is 0 Å². The summed E-state index contributed by atoms with van der Waals surface area (Å²) in [6.45, 7) is 22.8. The molecule has 0 aliphatic heterocycles. The Bertz CT molecular complexity index is 462. The molecule has 4 nitrogen and oxygen atoms in total. The van der Waals surface area contributed by atoms with Crippen LogP contribution in [0.5, 0.6) is 0 Å². The van der Waals surface area contributed by atoms with E-state index in [4.69, 9.17) is 48.4 Å². The van der Waals surface area contributed by atoms with E-state index in [0.717, 1.165) is 0 Å². The molecule has 0 spiro atoms. The molecule has 0 N–H and O–H groups in total. The summed E-state index contributed by atoms with van der Waals surface area (Å²) in [7, 11) is -4.30. The first-order valence-corrected chi connectivity index (χ1v) is 13.2. The zero-order chi connectivity index (χ0) is 23.6. The smallest absolute Gasteiger partial charge is 0.263 e. The topological polar surface area (TPSA) is 44.8 Å². The molecule has 0 aromatic carbocycles. The van der Waals surface area contributed by atoms with E-state index in [1.807, 2.05) is 83.1 Å². The Hall–Kier alpha value is 0.980. The third-order valence-corrected chi connectivity index (χ3v) is 10.2. The van der Waals surface area contributed by atoms with Gasteiger partial charge in [-0.3, -0.25) is 13.6 Å². The molecule has 0 atom stereocenters. The van der Waals surface area contributed by atoms with Gasteiger partial charge in [0.1, 0.15) is 0 Å². The minimum atomic E-state index is -4.30. The molecule has 29 heavy (non-hydrogen) atoms. The van der Waals surface area contributed by atoms with Crippen molar-refractivity contribution in [3.05, 3.63) is 0 Å². The second kappa shape index (κ2) is 10.7. The van der Waals surface area contributed by atoms with Crippen molar-refractivity contribution in [3.8, 4) is 0 Å². The summed E-state index contributed by atoms with van der Waals surface area (Å²) >= 11 is 20.5. The SMILES string of the molecule is CC(C)C(Cl)(OP(=O)(OC(Cl)(C(C)C)C(C)C)OC(Cl)(C(C)C)C(C)C)C(C)C. The molecule has 0 saturated carbocycles. The molecule has 0 aliphatic rings. The number of halogens is 3. The molecule has 0 fully saturated rings. The van der Waals surface area contributed by atoms with Crippen molar-refractivity contribution in [3.63, 3.8) is 0 Å². The fourth-order valence-corrected chi connectivity index (χ4v) is 6.37. The van der Waals surface area contributed by atoms with Crippen molar-refractivity contribution in [2.45, 2.75) is 98.3 Å². The monoisotopic (exact) mass is 494 g/mol. The summed E-state index contributed by atoms with van der Waals surface area (Å²) in [5.74, 6) is -1.03. The van der Waals surface area contributed by atoms with Crippen LogP contribution in [0.25, 0.3) is 0 Å². The summed E-state index contributed by atoms with van der Waals surface area (Å²) in [6, 6.07) is 0. The van der Waals surface area contributed by atoms with Crippen molar-refractivity contribution >= 4 is 42.6 Å². The number of phosphoric ester groups is 1. The summed E-state index contributed by atoms with van der Waals surface area (Å²) in [4.78, 5) is 0. The van der Waals surface area contributed by atoms with Crippen LogP contribution in [-0.2, 0) is 18.1 Å². The van der Waals surface area contributed by atoms with Gasteiger partial charge in [0.2, 0.25) is 0 Å². The van der Waals surface area contributed by atoms with Gasteiger partial charge in [-0.2, -0.15) is 0 Å². The summed E-state index contributed by atoms with van der Waals surface area (Å²) in [5.41, 5.74) is 0. The first-order valence-electron chi connectivity index (χ1n) is 10.6. The maximum atomic E-state index is 14.2. The molecule has 0 unspecified atom stereocenters. The Morgan fingerprint density at radius 3 is 0.724 bits per heavy atom. The number of rotatable bonds is 12. The fraction of sp³-hybridized carbons (Fsp3) is 1.00. The van der Waals surface area contributed by atoms with Crippen LogP contribution in [0.4, 0.5) is 0 Å². The lowest BCUT2D eigenvalue weighted by atomic mass is 9.96. The van der Waals surface area contributed by atoms with Crippen LogP contribution in [-0.4, -0.2) is 15.2 Å². The van der Waals surface area contributed by atoms with Gasteiger partial charge in [-0.1, -0.05) is 118 Å². The lowest BCUT2D eigenvalue weighted by Crippen LogP contribution is -2.44.